The van der Waals surface area contributed by atoms with Crippen LogP contribution in [0.25, 0.3) is 5.69 Å². The van der Waals surface area contributed by atoms with E-state index in [2.05, 4.69) is 15.5 Å². The minimum absolute atomic E-state index is 0.0524. The summed E-state index contributed by atoms with van der Waals surface area (Å²) in [5.41, 5.74) is 1.72. The molecular weight excluding hydrogens is 318 g/mol. The van der Waals surface area contributed by atoms with Crippen LogP contribution in [0, 0.1) is 6.92 Å². The van der Waals surface area contributed by atoms with Gasteiger partial charge in [0.2, 0.25) is 0 Å². The molecule has 0 radical (unpaired) electrons. The number of furan rings is 1. The number of aryl methyl sites for hydroxylation is 1. The van der Waals surface area contributed by atoms with Gasteiger partial charge in [-0.15, -0.1) is 5.10 Å². The number of rotatable bonds is 6. The number of carbonyl (C=O) groups is 1. The van der Waals surface area contributed by atoms with E-state index >= 15 is 0 Å². The maximum Gasteiger partial charge on any atom is 0.273 e. The number of amides is 1. The predicted molar refractivity (Wildman–Crippen MR) is 93.6 cm³/mol. The topological polar surface area (TPSA) is 76.2 Å². The van der Waals surface area contributed by atoms with Crippen LogP contribution in [-0.4, -0.2) is 46.4 Å². The van der Waals surface area contributed by atoms with Crippen molar-refractivity contribution in [3.05, 3.63) is 65.9 Å². The Morgan fingerprint density at radius 1 is 1.20 bits per heavy atom. The summed E-state index contributed by atoms with van der Waals surface area (Å²) < 4.78 is 5.46. The Hall–Kier alpha value is -2.93. The molecule has 3 aromatic rings. The summed E-state index contributed by atoms with van der Waals surface area (Å²) in [6, 6.07) is 13.2. The summed E-state index contributed by atoms with van der Waals surface area (Å²) in [6.07, 6.45) is 1.63. The van der Waals surface area contributed by atoms with Gasteiger partial charge in [-0.3, -0.25) is 9.69 Å². The molecule has 0 aliphatic rings. The highest BCUT2D eigenvalue weighted by molar-refractivity contribution is 5.93. The van der Waals surface area contributed by atoms with Crippen molar-refractivity contribution in [2.45, 2.75) is 13.0 Å². The average molecular weight is 339 g/mol. The van der Waals surface area contributed by atoms with Crippen LogP contribution in [0.5, 0.6) is 0 Å². The molecule has 1 amide bonds. The summed E-state index contributed by atoms with van der Waals surface area (Å²) in [6.45, 7) is 2.19. The van der Waals surface area contributed by atoms with E-state index in [1.807, 2.05) is 61.5 Å². The Labute approximate surface area is 146 Å². The van der Waals surface area contributed by atoms with Crippen molar-refractivity contribution in [2.24, 2.45) is 0 Å². The van der Waals surface area contributed by atoms with Gasteiger partial charge in [0.25, 0.3) is 5.91 Å². The molecule has 7 nitrogen and oxygen atoms in total. The highest BCUT2D eigenvalue weighted by Gasteiger charge is 2.21. The maximum absolute atomic E-state index is 12.5. The number of nitrogens with zero attached hydrogens (tertiary/aromatic N) is 4. The average Bonchev–Trinajstić information content (AvgIpc) is 3.25. The molecule has 0 saturated heterocycles. The number of aromatic nitrogens is 3. The lowest BCUT2D eigenvalue weighted by Crippen LogP contribution is -2.34. The van der Waals surface area contributed by atoms with Crippen LogP contribution in [0.2, 0.25) is 0 Å². The van der Waals surface area contributed by atoms with Crippen molar-refractivity contribution >= 4 is 5.91 Å². The summed E-state index contributed by atoms with van der Waals surface area (Å²) in [4.78, 5) is 16.0. The summed E-state index contributed by atoms with van der Waals surface area (Å²) in [5.74, 6) is 0.549. The third kappa shape index (κ3) is 3.77. The molecular formula is C18H21N5O2. The molecule has 1 atom stereocenters. The Bertz CT molecular complexity index is 825. The van der Waals surface area contributed by atoms with E-state index < -0.39 is 0 Å². The van der Waals surface area contributed by atoms with Crippen molar-refractivity contribution in [2.75, 3.05) is 20.6 Å². The van der Waals surface area contributed by atoms with Gasteiger partial charge in [0.05, 0.1) is 23.7 Å². The number of hydrogen-bond donors (Lipinski definition) is 1. The fourth-order valence-corrected chi connectivity index (χ4v) is 2.56. The zero-order valence-corrected chi connectivity index (χ0v) is 14.5. The minimum Gasteiger partial charge on any atom is -0.468 e. The zero-order valence-electron chi connectivity index (χ0n) is 14.5. The van der Waals surface area contributed by atoms with Gasteiger partial charge in [-0.05, 0) is 45.3 Å². The van der Waals surface area contributed by atoms with E-state index in [9.17, 15) is 4.79 Å². The second-order valence-electron chi connectivity index (χ2n) is 5.96. The third-order valence-electron chi connectivity index (χ3n) is 3.94. The third-order valence-corrected chi connectivity index (χ3v) is 3.94. The smallest absolute Gasteiger partial charge is 0.273 e. The maximum atomic E-state index is 12.5. The van der Waals surface area contributed by atoms with Gasteiger partial charge in [0.1, 0.15) is 5.76 Å². The first kappa shape index (κ1) is 16.9. The predicted octanol–water partition coefficient (Wildman–Crippen LogP) is 2.20. The Morgan fingerprint density at radius 2 is 1.96 bits per heavy atom. The summed E-state index contributed by atoms with van der Waals surface area (Å²) in [5, 5.41) is 11.6. The molecule has 3 rings (SSSR count). The number of likely N-dealkylation sites (N-methyl/N-ethyl adjacent to an activating group) is 1. The van der Waals surface area contributed by atoms with E-state index in [4.69, 9.17) is 4.42 Å². The second kappa shape index (κ2) is 7.31. The fraction of sp³-hybridized carbons (Fsp3) is 0.278. The first-order chi connectivity index (χ1) is 12.1. The first-order valence-electron chi connectivity index (χ1n) is 8.03. The van der Waals surface area contributed by atoms with E-state index in [0.717, 1.165) is 11.4 Å². The highest BCUT2D eigenvalue weighted by Crippen LogP contribution is 2.17. The minimum atomic E-state index is -0.252. The molecule has 0 bridgehead atoms. The first-order valence-corrected chi connectivity index (χ1v) is 8.03. The second-order valence-corrected chi connectivity index (χ2v) is 5.96. The normalized spacial score (nSPS) is 12.3. The van der Waals surface area contributed by atoms with Gasteiger partial charge in [-0.25, -0.2) is 0 Å². The van der Waals surface area contributed by atoms with E-state index in [0.29, 0.717) is 17.9 Å². The number of nitrogens with one attached hydrogen (secondary N) is 1. The van der Waals surface area contributed by atoms with Gasteiger partial charge in [0.15, 0.2) is 5.69 Å². The van der Waals surface area contributed by atoms with Crippen LogP contribution in [0.3, 0.4) is 0 Å². The largest absolute Gasteiger partial charge is 0.468 e. The van der Waals surface area contributed by atoms with E-state index in [1.165, 1.54) is 4.80 Å². The lowest BCUT2D eigenvalue weighted by Gasteiger charge is -2.22. The van der Waals surface area contributed by atoms with E-state index in [1.54, 1.807) is 13.2 Å². The van der Waals surface area contributed by atoms with Crippen molar-refractivity contribution < 1.29 is 9.21 Å². The van der Waals surface area contributed by atoms with Crippen molar-refractivity contribution in [1.29, 1.82) is 0 Å². The molecule has 0 aliphatic heterocycles. The number of hydrogen-bond acceptors (Lipinski definition) is 5. The van der Waals surface area contributed by atoms with Gasteiger partial charge in [0, 0.05) is 6.54 Å². The van der Waals surface area contributed by atoms with Crippen molar-refractivity contribution in [3.63, 3.8) is 0 Å². The van der Waals surface area contributed by atoms with Gasteiger partial charge in [-0.1, -0.05) is 18.2 Å². The molecule has 0 fully saturated rings. The lowest BCUT2D eigenvalue weighted by molar-refractivity contribution is 0.0933. The molecule has 1 N–H and O–H groups in total. The molecule has 0 spiro atoms. The van der Waals surface area contributed by atoms with Crippen molar-refractivity contribution in [1.82, 2.24) is 25.2 Å². The Kier molecular flexibility index (Phi) is 4.95. The highest BCUT2D eigenvalue weighted by atomic mass is 16.3. The van der Waals surface area contributed by atoms with Crippen LogP contribution >= 0.6 is 0 Å². The van der Waals surface area contributed by atoms with Crippen LogP contribution < -0.4 is 5.32 Å². The molecule has 2 aromatic heterocycles. The number of benzene rings is 1. The Morgan fingerprint density at radius 3 is 2.60 bits per heavy atom. The summed E-state index contributed by atoms with van der Waals surface area (Å²) in [7, 11) is 3.88. The standard InChI is InChI=1S/C18H21N5O2/c1-13-17(21-23(20-13)14-8-5-4-6-9-14)18(24)19-12-15(22(2)3)16-10-7-11-25-16/h4-11,15H,12H2,1-3H3,(H,19,24). The molecule has 0 aliphatic carbocycles. The van der Waals surface area contributed by atoms with Crippen LogP contribution in [0.15, 0.2) is 53.1 Å². The van der Waals surface area contributed by atoms with Gasteiger partial charge < -0.3 is 9.73 Å². The van der Waals surface area contributed by atoms with Crippen molar-refractivity contribution in [3.8, 4) is 5.69 Å². The number of para-hydroxylation sites is 1. The molecule has 25 heavy (non-hydrogen) atoms. The monoisotopic (exact) mass is 339 g/mol. The molecule has 1 unspecified atom stereocenters. The quantitative estimate of drug-likeness (QED) is 0.745. The molecule has 0 saturated carbocycles. The summed E-state index contributed by atoms with van der Waals surface area (Å²) >= 11 is 0. The van der Waals surface area contributed by atoms with Crippen LogP contribution in [0.1, 0.15) is 28.0 Å². The molecule has 130 valence electrons. The van der Waals surface area contributed by atoms with Crippen LogP contribution in [-0.2, 0) is 0 Å². The Balaban J connectivity index is 1.72. The van der Waals surface area contributed by atoms with E-state index in [-0.39, 0.29) is 11.9 Å². The van der Waals surface area contributed by atoms with Gasteiger partial charge >= 0.3 is 0 Å². The number of carbonyl (C=O) groups excluding carboxylic acids is 1. The fourth-order valence-electron chi connectivity index (χ4n) is 2.56. The van der Waals surface area contributed by atoms with Crippen LogP contribution in [0.4, 0.5) is 0 Å². The molecule has 2 heterocycles. The molecule has 7 heteroatoms. The van der Waals surface area contributed by atoms with Gasteiger partial charge in [-0.2, -0.15) is 9.90 Å². The zero-order chi connectivity index (χ0) is 17.8. The SMILES string of the molecule is Cc1nn(-c2ccccc2)nc1C(=O)NCC(c1ccco1)N(C)C. The molecule has 1 aromatic carbocycles. The lowest BCUT2D eigenvalue weighted by atomic mass is 10.2.